The Kier molecular flexibility index (Phi) is 5.96. The van der Waals surface area contributed by atoms with Gasteiger partial charge in [-0.05, 0) is 29.8 Å². The van der Waals surface area contributed by atoms with Crippen LogP contribution in [0.2, 0.25) is 10.0 Å². The van der Waals surface area contributed by atoms with Gasteiger partial charge in [0.2, 0.25) is 11.8 Å². The van der Waals surface area contributed by atoms with Gasteiger partial charge in [0.15, 0.2) is 0 Å². The van der Waals surface area contributed by atoms with E-state index in [1.54, 1.807) is 36.7 Å². The van der Waals surface area contributed by atoms with E-state index in [1.165, 1.54) is 11.8 Å². The number of benzene rings is 1. The average molecular weight is 352 g/mol. The van der Waals surface area contributed by atoms with Crippen LogP contribution >= 0.6 is 23.2 Å². The van der Waals surface area contributed by atoms with Crippen molar-refractivity contribution in [3.8, 4) is 0 Å². The lowest BCUT2D eigenvalue weighted by molar-refractivity contribution is -0.133. The van der Waals surface area contributed by atoms with Crippen molar-refractivity contribution in [3.05, 3.63) is 58.3 Å². The predicted octanol–water partition coefficient (Wildman–Crippen LogP) is 3.38. The van der Waals surface area contributed by atoms with E-state index >= 15 is 0 Å². The Balaban J connectivity index is 2.00. The van der Waals surface area contributed by atoms with Gasteiger partial charge < -0.3 is 10.2 Å². The molecule has 23 heavy (non-hydrogen) atoms. The van der Waals surface area contributed by atoms with Crippen molar-refractivity contribution in [1.82, 2.24) is 9.88 Å². The molecule has 1 aromatic carbocycles. The van der Waals surface area contributed by atoms with Crippen LogP contribution in [0.3, 0.4) is 0 Å². The minimum atomic E-state index is -0.317. The fourth-order valence-corrected chi connectivity index (χ4v) is 2.24. The van der Waals surface area contributed by atoms with Crippen LogP contribution in [0.15, 0.2) is 42.7 Å². The zero-order chi connectivity index (χ0) is 16.8. The topological polar surface area (TPSA) is 62.3 Å². The smallest absolute Gasteiger partial charge is 0.244 e. The van der Waals surface area contributed by atoms with Crippen molar-refractivity contribution in [2.75, 3.05) is 11.9 Å². The van der Waals surface area contributed by atoms with Crippen molar-refractivity contribution >= 4 is 40.7 Å². The lowest BCUT2D eigenvalue weighted by atomic mass is 10.2. The second-order valence-corrected chi connectivity index (χ2v) is 5.73. The maximum Gasteiger partial charge on any atom is 0.244 e. The zero-order valence-corrected chi connectivity index (χ0v) is 13.9. The van der Waals surface area contributed by atoms with Gasteiger partial charge in [-0.25, -0.2) is 0 Å². The maximum atomic E-state index is 12.1. The van der Waals surface area contributed by atoms with Gasteiger partial charge in [-0.3, -0.25) is 14.6 Å². The van der Waals surface area contributed by atoms with Gasteiger partial charge >= 0.3 is 0 Å². The summed E-state index contributed by atoms with van der Waals surface area (Å²) < 4.78 is 0. The molecule has 0 unspecified atom stereocenters. The number of hydrogen-bond donors (Lipinski definition) is 1. The van der Waals surface area contributed by atoms with Gasteiger partial charge in [0.1, 0.15) is 6.54 Å². The number of rotatable bonds is 5. The number of carbonyl (C=O) groups excluding carboxylic acids is 2. The lowest BCUT2D eigenvalue weighted by Gasteiger charge is -2.20. The van der Waals surface area contributed by atoms with Crippen molar-refractivity contribution in [2.24, 2.45) is 0 Å². The molecule has 2 rings (SSSR count). The number of carbonyl (C=O) groups is 2. The molecule has 120 valence electrons. The molecule has 0 radical (unpaired) electrons. The average Bonchev–Trinajstić information content (AvgIpc) is 2.51. The molecule has 1 aromatic heterocycles. The highest BCUT2D eigenvalue weighted by molar-refractivity contribution is 6.42. The first-order valence-electron chi connectivity index (χ1n) is 6.85. The molecular weight excluding hydrogens is 337 g/mol. The van der Waals surface area contributed by atoms with Crippen LogP contribution in [0.4, 0.5) is 5.69 Å². The molecule has 0 bridgehead atoms. The summed E-state index contributed by atoms with van der Waals surface area (Å²) in [6, 6.07) is 8.42. The molecular formula is C16H15Cl2N3O2. The van der Waals surface area contributed by atoms with Crippen LogP contribution < -0.4 is 5.32 Å². The fourth-order valence-electron chi connectivity index (χ4n) is 1.94. The van der Waals surface area contributed by atoms with Gasteiger partial charge in [0.25, 0.3) is 0 Å². The van der Waals surface area contributed by atoms with Crippen LogP contribution in [-0.4, -0.2) is 28.2 Å². The molecule has 2 aromatic rings. The molecule has 0 aliphatic carbocycles. The molecule has 1 N–H and O–H groups in total. The quantitative estimate of drug-likeness (QED) is 0.897. The standard InChI is InChI=1S/C16H15Cl2N3O2/c1-11(22)21(9-12-3-2-6-19-8-12)10-16(23)20-13-4-5-14(17)15(18)7-13/h2-8H,9-10H2,1H3,(H,20,23). The normalized spacial score (nSPS) is 10.2. The summed E-state index contributed by atoms with van der Waals surface area (Å²) >= 11 is 11.7. The largest absolute Gasteiger partial charge is 0.329 e. The predicted molar refractivity (Wildman–Crippen MR) is 90.4 cm³/mol. The highest BCUT2D eigenvalue weighted by Crippen LogP contribution is 2.24. The Labute approximate surface area is 144 Å². The van der Waals surface area contributed by atoms with Crippen molar-refractivity contribution in [2.45, 2.75) is 13.5 Å². The molecule has 2 amide bonds. The van der Waals surface area contributed by atoms with Crippen molar-refractivity contribution in [1.29, 1.82) is 0 Å². The van der Waals surface area contributed by atoms with Crippen LogP contribution in [0.1, 0.15) is 12.5 Å². The third-order valence-electron chi connectivity index (χ3n) is 3.08. The van der Waals surface area contributed by atoms with Gasteiger partial charge in [-0.1, -0.05) is 29.3 Å². The van der Waals surface area contributed by atoms with E-state index in [9.17, 15) is 9.59 Å². The van der Waals surface area contributed by atoms with Crippen molar-refractivity contribution in [3.63, 3.8) is 0 Å². The Morgan fingerprint density at radius 2 is 2.00 bits per heavy atom. The molecule has 7 heteroatoms. The summed E-state index contributed by atoms with van der Waals surface area (Å²) in [4.78, 5) is 29.3. The highest BCUT2D eigenvalue weighted by Gasteiger charge is 2.14. The third kappa shape index (κ3) is 5.23. The Hall–Kier alpha value is -2.11. The van der Waals surface area contributed by atoms with E-state index in [2.05, 4.69) is 10.3 Å². The molecule has 5 nitrogen and oxygen atoms in total. The SMILES string of the molecule is CC(=O)N(CC(=O)Nc1ccc(Cl)c(Cl)c1)Cc1cccnc1. The summed E-state index contributed by atoms with van der Waals surface area (Å²) in [5.74, 6) is -0.513. The Morgan fingerprint density at radius 3 is 2.61 bits per heavy atom. The van der Waals surface area contributed by atoms with E-state index in [1.807, 2.05) is 6.07 Å². The van der Waals surface area contributed by atoms with Crippen LogP contribution in [0.25, 0.3) is 0 Å². The fraction of sp³-hybridized carbons (Fsp3) is 0.188. The van der Waals surface area contributed by atoms with Gasteiger partial charge in [0.05, 0.1) is 10.0 Å². The van der Waals surface area contributed by atoms with E-state index in [4.69, 9.17) is 23.2 Å². The molecule has 0 atom stereocenters. The zero-order valence-electron chi connectivity index (χ0n) is 12.4. The second-order valence-electron chi connectivity index (χ2n) is 4.91. The first-order valence-corrected chi connectivity index (χ1v) is 7.60. The highest BCUT2D eigenvalue weighted by atomic mass is 35.5. The van der Waals surface area contributed by atoms with Crippen LogP contribution in [-0.2, 0) is 16.1 Å². The van der Waals surface area contributed by atoms with E-state index in [0.717, 1.165) is 5.56 Å². The number of amides is 2. The monoisotopic (exact) mass is 351 g/mol. The molecule has 0 fully saturated rings. The van der Waals surface area contributed by atoms with E-state index in [-0.39, 0.29) is 18.4 Å². The van der Waals surface area contributed by atoms with Gasteiger partial charge in [-0.15, -0.1) is 0 Å². The molecule has 0 aliphatic rings. The minimum Gasteiger partial charge on any atom is -0.329 e. The number of anilines is 1. The number of pyridine rings is 1. The van der Waals surface area contributed by atoms with E-state index < -0.39 is 0 Å². The summed E-state index contributed by atoms with van der Waals surface area (Å²) in [6.07, 6.45) is 3.31. The van der Waals surface area contributed by atoms with Crippen LogP contribution in [0.5, 0.6) is 0 Å². The number of nitrogens with zero attached hydrogens (tertiary/aromatic N) is 2. The summed E-state index contributed by atoms with van der Waals surface area (Å²) in [5, 5.41) is 3.45. The van der Waals surface area contributed by atoms with Crippen LogP contribution in [0, 0.1) is 0 Å². The minimum absolute atomic E-state index is 0.0650. The summed E-state index contributed by atoms with van der Waals surface area (Å²) in [6.45, 7) is 1.67. The number of hydrogen-bond acceptors (Lipinski definition) is 3. The molecule has 0 aliphatic heterocycles. The lowest BCUT2D eigenvalue weighted by Crippen LogP contribution is -2.36. The first-order chi connectivity index (χ1) is 11.0. The van der Waals surface area contributed by atoms with E-state index in [0.29, 0.717) is 22.3 Å². The number of halogens is 2. The Morgan fingerprint density at radius 1 is 1.22 bits per heavy atom. The number of aromatic nitrogens is 1. The van der Waals surface area contributed by atoms with Gasteiger partial charge in [0, 0.05) is 31.5 Å². The third-order valence-corrected chi connectivity index (χ3v) is 3.82. The molecule has 0 saturated heterocycles. The van der Waals surface area contributed by atoms with Gasteiger partial charge in [-0.2, -0.15) is 0 Å². The summed E-state index contributed by atoms with van der Waals surface area (Å²) in [5.41, 5.74) is 1.37. The second kappa shape index (κ2) is 7.94. The molecule has 0 saturated carbocycles. The molecule has 1 heterocycles. The first kappa shape index (κ1) is 17.2. The molecule has 0 spiro atoms. The maximum absolute atomic E-state index is 12.1. The van der Waals surface area contributed by atoms with Crippen molar-refractivity contribution < 1.29 is 9.59 Å². The Bertz CT molecular complexity index is 708. The summed E-state index contributed by atoms with van der Waals surface area (Å²) in [7, 11) is 0. The number of nitrogens with one attached hydrogen (secondary N) is 1.